The minimum Gasteiger partial charge on any atom is -0.325 e. The molecule has 1 amide bonds. The van der Waals surface area contributed by atoms with Crippen LogP contribution in [0.5, 0.6) is 0 Å². The minimum absolute atomic E-state index is 0.00972. The van der Waals surface area contributed by atoms with Crippen molar-refractivity contribution in [3.8, 4) is 0 Å². The predicted molar refractivity (Wildman–Crippen MR) is 82.4 cm³/mol. The number of carbonyl (C=O) groups is 1. The number of carbonyl (C=O) groups excluding carboxylic acids is 1. The second-order valence-corrected chi connectivity index (χ2v) is 5.54. The summed E-state index contributed by atoms with van der Waals surface area (Å²) in [6.07, 6.45) is 0.382. The number of hydrogen-bond acceptors (Lipinski definition) is 1. The Labute approximate surface area is 122 Å². The van der Waals surface area contributed by atoms with E-state index >= 15 is 0 Å². The first-order valence-electron chi connectivity index (χ1n) is 6.17. The van der Waals surface area contributed by atoms with Crippen LogP contribution in [-0.4, -0.2) is 5.91 Å². The van der Waals surface area contributed by atoms with E-state index in [2.05, 4.69) is 21.2 Å². The van der Waals surface area contributed by atoms with Crippen molar-refractivity contribution in [2.75, 3.05) is 5.32 Å². The summed E-state index contributed by atoms with van der Waals surface area (Å²) in [6, 6.07) is 13.8. The summed E-state index contributed by atoms with van der Waals surface area (Å²) in [5, 5.41) is 2.99. The smallest absolute Gasteiger partial charge is 0.228 e. The van der Waals surface area contributed by atoms with Crippen molar-refractivity contribution in [1.82, 2.24) is 0 Å². The van der Waals surface area contributed by atoms with Gasteiger partial charge in [-0.25, -0.2) is 0 Å². The average Bonchev–Trinajstić information content (AvgIpc) is 2.34. The Bertz CT molecular complexity index is 587. The van der Waals surface area contributed by atoms with Crippen molar-refractivity contribution >= 4 is 27.5 Å². The summed E-state index contributed by atoms with van der Waals surface area (Å²) in [5.74, 6) is 0.00972. The van der Waals surface area contributed by atoms with E-state index in [1.54, 1.807) is 0 Å². The van der Waals surface area contributed by atoms with Crippen molar-refractivity contribution in [2.24, 2.45) is 0 Å². The van der Waals surface area contributed by atoms with Gasteiger partial charge in [0.15, 0.2) is 0 Å². The molecule has 0 bridgehead atoms. The maximum absolute atomic E-state index is 12.1. The molecule has 2 aromatic carbocycles. The van der Waals surface area contributed by atoms with Crippen LogP contribution in [-0.2, 0) is 11.2 Å². The summed E-state index contributed by atoms with van der Waals surface area (Å²) < 4.78 is 0.991. The summed E-state index contributed by atoms with van der Waals surface area (Å²) in [5.41, 5.74) is 4.09. The molecular weight excluding hydrogens is 302 g/mol. The van der Waals surface area contributed by atoms with Gasteiger partial charge in [0, 0.05) is 10.2 Å². The maximum atomic E-state index is 12.1. The van der Waals surface area contributed by atoms with E-state index in [0.717, 1.165) is 26.9 Å². The standard InChI is InChI=1S/C16H16BrNO/c1-11-5-3-6-12(2)16(11)18-15(19)10-13-7-4-8-14(17)9-13/h3-9H,10H2,1-2H3,(H,18,19). The number of hydrogen-bond donors (Lipinski definition) is 1. The average molecular weight is 318 g/mol. The molecule has 1 N–H and O–H groups in total. The molecule has 19 heavy (non-hydrogen) atoms. The highest BCUT2D eigenvalue weighted by Crippen LogP contribution is 2.20. The summed E-state index contributed by atoms with van der Waals surface area (Å²) in [4.78, 5) is 12.1. The van der Waals surface area contributed by atoms with E-state index in [1.807, 2.05) is 56.3 Å². The summed E-state index contributed by atoms with van der Waals surface area (Å²) >= 11 is 3.41. The van der Waals surface area contributed by atoms with Gasteiger partial charge in [-0.1, -0.05) is 46.3 Å². The van der Waals surface area contributed by atoms with Gasteiger partial charge in [0.05, 0.1) is 6.42 Å². The Morgan fingerprint density at radius 1 is 1.11 bits per heavy atom. The molecule has 0 aliphatic heterocycles. The zero-order valence-corrected chi connectivity index (χ0v) is 12.6. The van der Waals surface area contributed by atoms with Gasteiger partial charge in [0.1, 0.15) is 0 Å². The monoisotopic (exact) mass is 317 g/mol. The lowest BCUT2D eigenvalue weighted by Gasteiger charge is -2.11. The molecule has 2 rings (SSSR count). The molecule has 0 saturated carbocycles. The molecule has 0 aromatic heterocycles. The van der Waals surface area contributed by atoms with E-state index < -0.39 is 0 Å². The van der Waals surface area contributed by atoms with E-state index in [-0.39, 0.29) is 5.91 Å². The van der Waals surface area contributed by atoms with Gasteiger partial charge in [-0.15, -0.1) is 0 Å². The van der Waals surface area contributed by atoms with Gasteiger partial charge in [-0.2, -0.15) is 0 Å². The second-order valence-electron chi connectivity index (χ2n) is 4.62. The molecule has 98 valence electrons. The van der Waals surface area contributed by atoms with Crippen LogP contribution in [0.4, 0.5) is 5.69 Å². The fourth-order valence-corrected chi connectivity index (χ4v) is 2.47. The number of aryl methyl sites for hydroxylation is 2. The van der Waals surface area contributed by atoms with Crippen molar-refractivity contribution in [3.63, 3.8) is 0 Å². The largest absolute Gasteiger partial charge is 0.325 e. The third kappa shape index (κ3) is 3.67. The van der Waals surface area contributed by atoms with Crippen LogP contribution in [0.1, 0.15) is 16.7 Å². The molecule has 2 aromatic rings. The molecular formula is C16H16BrNO. The first kappa shape index (κ1) is 13.8. The van der Waals surface area contributed by atoms with Crippen LogP contribution >= 0.6 is 15.9 Å². The fraction of sp³-hybridized carbons (Fsp3) is 0.188. The highest BCUT2D eigenvalue weighted by molar-refractivity contribution is 9.10. The fourth-order valence-electron chi connectivity index (χ4n) is 2.03. The van der Waals surface area contributed by atoms with E-state index in [9.17, 15) is 4.79 Å². The number of rotatable bonds is 3. The Hall–Kier alpha value is -1.61. The molecule has 0 aliphatic carbocycles. The maximum Gasteiger partial charge on any atom is 0.228 e. The van der Waals surface area contributed by atoms with Gasteiger partial charge in [0.25, 0.3) is 0 Å². The Morgan fingerprint density at radius 3 is 2.37 bits per heavy atom. The van der Waals surface area contributed by atoms with E-state index in [1.165, 1.54) is 0 Å². The predicted octanol–water partition coefficient (Wildman–Crippen LogP) is 4.25. The first-order valence-corrected chi connectivity index (χ1v) is 6.96. The highest BCUT2D eigenvalue weighted by Gasteiger charge is 2.08. The van der Waals surface area contributed by atoms with Crippen molar-refractivity contribution in [1.29, 1.82) is 0 Å². The zero-order valence-electron chi connectivity index (χ0n) is 11.0. The van der Waals surface area contributed by atoms with Crippen LogP contribution in [0, 0.1) is 13.8 Å². The number of benzene rings is 2. The normalized spacial score (nSPS) is 10.3. The molecule has 2 nitrogen and oxygen atoms in total. The van der Waals surface area contributed by atoms with Crippen LogP contribution in [0.25, 0.3) is 0 Å². The quantitative estimate of drug-likeness (QED) is 0.901. The highest BCUT2D eigenvalue weighted by atomic mass is 79.9. The topological polar surface area (TPSA) is 29.1 Å². The molecule has 0 radical (unpaired) electrons. The van der Waals surface area contributed by atoms with Gasteiger partial charge < -0.3 is 5.32 Å². The summed E-state index contributed by atoms with van der Waals surface area (Å²) in [7, 11) is 0. The number of anilines is 1. The number of nitrogens with one attached hydrogen (secondary N) is 1. The summed E-state index contributed by atoms with van der Waals surface area (Å²) in [6.45, 7) is 4.00. The third-order valence-corrected chi connectivity index (χ3v) is 3.49. The van der Waals surface area contributed by atoms with Gasteiger partial charge in [-0.05, 0) is 42.7 Å². The minimum atomic E-state index is 0.00972. The van der Waals surface area contributed by atoms with Crippen LogP contribution in [0.2, 0.25) is 0 Å². The van der Waals surface area contributed by atoms with Gasteiger partial charge in [-0.3, -0.25) is 4.79 Å². The SMILES string of the molecule is Cc1cccc(C)c1NC(=O)Cc1cccc(Br)c1. The van der Waals surface area contributed by atoms with Crippen LogP contribution in [0.15, 0.2) is 46.9 Å². The molecule has 0 unspecified atom stereocenters. The molecule has 3 heteroatoms. The third-order valence-electron chi connectivity index (χ3n) is 3.00. The first-order chi connectivity index (χ1) is 9.06. The molecule has 0 atom stereocenters. The molecule has 0 saturated heterocycles. The number of halogens is 1. The zero-order chi connectivity index (χ0) is 13.8. The van der Waals surface area contributed by atoms with Crippen molar-refractivity contribution in [3.05, 3.63) is 63.6 Å². The molecule has 0 spiro atoms. The Morgan fingerprint density at radius 2 is 1.74 bits per heavy atom. The van der Waals surface area contributed by atoms with E-state index in [4.69, 9.17) is 0 Å². The second kappa shape index (κ2) is 6.02. The van der Waals surface area contributed by atoms with Crippen LogP contribution in [0.3, 0.4) is 0 Å². The number of para-hydroxylation sites is 1. The van der Waals surface area contributed by atoms with Gasteiger partial charge >= 0.3 is 0 Å². The Kier molecular flexibility index (Phi) is 4.38. The Balaban J connectivity index is 2.10. The van der Waals surface area contributed by atoms with Crippen molar-refractivity contribution < 1.29 is 4.79 Å². The lowest BCUT2D eigenvalue weighted by Crippen LogP contribution is -2.16. The lowest BCUT2D eigenvalue weighted by atomic mass is 10.1. The lowest BCUT2D eigenvalue weighted by molar-refractivity contribution is -0.115. The molecule has 0 fully saturated rings. The molecule has 0 heterocycles. The van der Waals surface area contributed by atoms with Crippen molar-refractivity contribution in [2.45, 2.75) is 20.3 Å². The van der Waals surface area contributed by atoms with Gasteiger partial charge in [0.2, 0.25) is 5.91 Å². The number of amides is 1. The molecule has 0 aliphatic rings. The van der Waals surface area contributed by atoms with E-state index in [0.29, 0.717) is 6.42 Å². The van der Waals surface area contributed by atoms with Crippen LogP contribution < -0.4 is 5.32 Å².